The zero-order chi connectivity index (χ0) is 13.1. The van der Waals surface area contributed by atoms with Gasteiger partial charge in [-0.3, -0.25) is 0 Å². The Labute approximate surface area is 105 Å². The van der Waals surface area contributed by atoms with Crippen LogP contribution in [0.5, 0.6) is 0 Å². The summed E-state index contributed by atoms with van der Waals surface area (Å²) in [6.45, 7) is 2.01. The van der Waals surface area contributed by atoms with E-state index in [1.54, 1.807) is 0 Å². The van der Waals surface area contributed by atoms with Crippen molar-refractivity contribution in [1.82, 2.24) is 4.90 Å². The molecule has 100 valence electrons. The van der Waals surface area contributed by atoms with Crippen LogP contribution in [0.15, 0.2) is 18.2 Å². The van der Waals surface area contributed by atoms with Crippen molar-refractivity contribution in [1.29, 1.82) is 0 Å². The first-order valence-electron chi connectivity index (χ1n) is 6.09. The monoisotopic (exact) mass is 257 g/mol. The van der Waals surface area contributed by atoms with Gasteiger partial charge in [-0.25, -0.2) is 8.78 Å². The standard InChI is InChI=1S/C13H17F2NO2/c14-10-5-9(6-11(15)7-10)13(18)2-4-16-3-1-12(17)8-16/h5-7,12-13,17-18H,1-4,8H2. The maximum absolute atomic E-state index is 13.0. The number of likely N-dealkylation sites (tertiary alicyclic amines) is 1. The molecule has 0 spiro atoms. The molecule has 2 atom stereocenters. The van der Waals surface area contributed by atoms with Gasteiger partial charge in [0, 0.05) is 25.7 Å². The van der Waals surface area contributed by atoms with Crippen LogP contribution in [0, 0.1) is 11.6 Å². The highest BCUT2D eigenvalue weighted by Crippen LogP contribution is 2.20. The van der Waals surface area contributed by atoms with Crippen molar-refractivity contribution < 1.29 is 19.0 Å². The summed E-state index contributed by atoms with van der Waals surface area (Å²) in [6, 6.07) is 3.08. The van der Waals surface area contributed by atoms with E-state index in [1.807, 2.05) is 4.90 Å². The molecule has 1 aliphatic heterocycles. The molecule has 0 aromatic heterocycles. The third-order valence-electron chi connectivity index (χ3n) is 3.24. The zero-order valence-corrected chi connectivity index (χ0v) is 10.0. The predicted molar refractivity (Wildman–Crippen MR) is 63.0 cm³/mol. The number of rotatable bonds is 4. The van der Waals surface area contributed by atoms with E-state index in [1.165, 1.54) is 0 Å². The van der Waals surface area contributed by atoms with Crippen molar-refractivity contribution in [2.45, 2.75) is 25.0 Å². The van der Waals surface area contributed by atoms with Crippen LogP contribution in [0.4, 0.5) is 8.78 Å². The molecule has 0 saturated carbocycles. The van der Waals surface area contributed by atoms with Crippen LogP contribution in [0.1, 0.15) is 24.5 Å². The van der Waals surface area contributed by atoms with Crippen LogP contribution in [0.3, 0.4) is 0 Å². The summed E-state index contributed by atoms with van der Waals surface area (Å²) in [6.07, 6.45) is -0.0398. The van der Waals surface area contributed by atoms with Gasteiger partial charge in [0.15, 0.2) is 0 Å². The molecule has 3 nitrogen and oxygen atoms in total. The molecule has 0 radical (unpaired) electrons. The Morgan fingerprint density at radius 3 is 2.50 bits per heavy atom. The smallest absolute Gasteiger partial charge is 0.126 e. The largest absolute Gasteiger partial charge is 0.392 e. The van der Waals surface area contributed by atoms with E-state index < -0.39 is 17.7 Å². The first-order chi connectivity index (χ1) is 8.54. The van der Waals surface area contributed by atoms with Crippen molar-refractivity contribution >= 4 is 0 Å². The van der Waals surface area contributed by atoms with E-state index >= 15 is 0 Å². The van der Waals surface area contributed by atoms with Crippen LogP contribution < -0.4 is 0 Å². The summed E-state index contributed by atoms with van der Waals surface area (Å²) in [4.78, 5) is 2.03. The van der Waals surface area contributed by atoms with Crippen molar-refractivity contribution in [2.24, 2.45) is 0 Å². The molecule has 2 N–H and O–H groups in total. The molecule has 0 amide bonds. The second kappa shape index (κ2) is 5.73. The van der Waals surface area contributed by atoms with E-state index in [4.69, 9.17) is 0 Å². The fraction of sp³-hybridized carbons (Fsp3) is 0.538. The number of aliphatic hydroxyl groups is 2. The molecular formula is C13H17F2NO2. The van der Waals surface area contributed by atoms with Crippen molar-refractivity contribution in [2.75, 3.05) is 19.6 Å². The van der Waals surface area contributed by atoms with Crippen LogP contribution in [0.2, 0.25) is 0 Å². The van der Waals surface area contributed by atoms with Crippen molar-refractivity contribution in [3.8, 4) is 0 Å². The SMILES string of the molecule is OC1CCN(CCC(O)c2cc(F)cc(F)c2)C1. The summed E-state index contributed by atoms with van der Waals surface area (Å²) >= 11 is 0. The highest BCUT2D eigenvalue weighted by atomic mass is 19.1. The lowest BCUT2D eigenvalue weighted by Gasteiger charge is -2.18. The Hall–Kier alpha value is -1.04. The quantitative estimate of drug-likeness (QED) is 0.858. The maximum Gasteiger partial charge on any atom is 0.126 e. The van der Waals surface area contributed by atoms with Gasteiger partial charge in [-0.1, -0.05) is 0 Å². The van der Waals surface area contributed by atoms with Gasteiger partial charge in [-0.05, 0) is 30.5 Å². The number of hydrogen-bond acceptors (Lipinski definition) is 3. The Bertz CT molecular complexity index is 394. The summed E-state index contributed by atoms with van der Waals surface area (Å²) in [5, 5.41) is 19.2. The lowest BCUT2D eigenvalue weighted by atomic mass is 10.1. The topological polar surface area (TPSA) is 43.7 Å². The van der Waals surface area contributed by atoms with Crippen LogP contribution in [-0.4, -0.2) is 40.9 Å². The van der Waals surface area contributed by atoms with Crippen LogP contribution >= 0.6 is 0 Å². The van der Waals surface area contributed by atoms with Crippen LogP contribution in [0.25, 0.3) is 0 Å². The minimum absolute atomic E-state index is 0.257. The maximum atomic E-state index is 13.0. The Morgan fingerprint density at radius 1 is 1.28 bits per heavy atom. The number of hydrogen-bond donors (Lipinski definition) is 2. The third-order valence-corrected chi connectivity index (χ3v) is 3.24. The van der Waals surface area contributed by atoms with E-state index in [0.717, 1.165) is 31.2 Å². The first kappa shape index (κ1) is 13.4. The zero-order valence-electron chi connectivity index (χ0n) is 10.0. The highest BCUT2D eigenvalue weighted by molar-refractivity contribution is 5.20. The molecule has 0 aliphatic carbocycles. The molecule has 1 fully saturated rings. The van der Waals surface area contributed by atoms with Crippen molar-refractivity contribution in [3.05, 3.63) is 35.4 Å². The average Bonchev–Trinajstić information content (AvgIpc) is 2.70. The van der Waals surface area contributed by atoms with Gasteiger partial charge in [0.1, 0.15) is 11.6 Å². The third kappa shape index (κ3) is 3.48. The Kier molecular flexibility index (Phi) is 4.27. The number of halogens is 2. The fourth-order valence-electron chi connectivity index (χ4n) is 2.25. The van der Waals surface area contributed by atoms with Gasteiger partial charge in [-0.15, -0.1) is 0 Å². The second-order valence-electron chi connectivity index (χ2n) is 4.75. The molecule has 1 saturated heterocycles. The minimum atomic E-state index is -0.882. The lowest BCUT2D eigenvalue weighted by molar-refractivity contribution is 0.138. The van der Waals surface area contributed by atoms with Gasteiger partial charge in [0.05, 0.1) is 12.2 Å². The van der Waals surface area contributed by atoms with Gasteiger partial charge < -0.3 is 15.1 Å². The molecule has 18 heavy (non-hydrogen) atoms. The fourth-order valence-corrected chi connectivity index (χ4v) is 2.25. The van der Waals surface area contributed by atoms with E-state index in [9.17, 15) is 19.0 Å². The summed E-state index contributed by atoms with van der Waals surface area (Å²) < 4.78 is 26.0. The Balaban J connectivity index is 1.89. The van der Waals surface area contributed by atoms with E-state index in [0.29, 0.717) is 19.5 Å². The van der Waals surface area contributed by atoms with Gasteiger partial charge >= 0.3 is 0 Å². The summed E-state index contributed by atoms with van der Waals surface area (Å²) in [5.74, 6) is -1.36. The molecule has 2 rings (SSSR count). The number of β-amino-alcohol motifs (C(OH)–C–C–N with tert-alkyl or cyclic N) is 1. The minimum Gasteiger partial charge on any atom is -0.392 e. The highest BCUT2D eigenvalue weighted by Gasteiger charge is 2.21. The average molecular weight is 257 g/mol. The van der Waals surface area contributed by atoms with Gasteiger partial charge in [0.2, 0.25) is 0 Å². The molecule has 1 heterocycles. The molecule has 1 aromatic carbocycles. The predicted octanol–water partition coefficient (Wildman–Crippen LogP) is 1.45. The molecule has 5 heteroatoms. The Morgan fingerprint density at radius 2 is 1.94 bits per heavy atom. The van der Waals surface area contributed by atoms with E-state index in [-0.39, 0.29) is 11.7 Å². The van der Waals surface area contributed by atoms with Crippen molar-refractivity contribution in [3.63, 3.8) is 0 Å². The lowest BCUT2D eigenvalue weighted by Crippen LogP contribution is -2.24. The van der Waals surface area contributed by atoms with Gasteiger partial charge in [0.25, 0.3) is 0 Å². The number of aliphatic hydroxyl groups excluding tert-OH is 2. The molecule has 2 unspecified atom stereocenters. The summed E-state index contributed by atoms with van der Waals surface area (Å²) in [7, 11) is 0. The van der Waals surface area contributed by atoms with E-state index in [2.05, 4.69) is 0 Å². The molecule has 0 bridgehead atoms. The molecule has 1 aromatic rings. The summed E-state index contributed by atoms with van der Waals surface area (Å²) in [5.41, 5.74) is 0.257. The number of nitrogens with zero attached hydrogens (tertiary/aromatic N) is 1. The normalized spacial score (nSPS) is 22.3. The molecular weight excluding hydrogens is 240 g/mol. The van der Waals surface area contributed by atoms with Crippen LogP contribution in [-0.2, 0) is 0 Å². The number of benzene rings is 1. The first-order valence-corrected chi connectivity index (χ1v) is 6.09. The second-order valence-corrected chi connectivity index (χ2v) is 4.75. The molecule has 1 aliphatic rings. The van der Waals surface area contributed by atoms with Gasteiger partial charge in [-0.2, -0.15) is 0 Å².